The molecule has 0 fully saturated rings. The average Bonchev–Trinajstić information content (AvgIpc) is 2.99. The van der Waals surface area contributed by atoms with Crippen molar-refractivity contribution in [2.24, 2.45) is 0 Å². The number of nitrogens with two attached hydrogens (primary N) is 1. The van der Waals surface area contributed by atoms with Crippen molar-refractivity contribution in [2.75, 3.05) is 11.1 Å². The highest BCUT2D eigenvalue weighted by Crippen LogP contribution is 2.30. The summed E-state index contributed by atoms with van der Waals surface area (Å²) in [6.45, 7) is 0.555. The van der Waals surface area contributed by atoms with Crippen LogP contribution in [0.3, 0.4) is 0 Å². The van der Waals surface area contributed by atoms with E-state index < -0.39 is 0 Å². The largest absolute Gasteiger partial charge is 0.395 e. The van der Waals surface area contributed by atoms with E-state index in [4.69, 9.17) is 10.3 Å². The smallest absolute Gasteiger partial charge is 0.155 e. The van der Waals surface area contributed by atoms with Gasteiger partial charge in [0, 0.05) is 6.07 Å². The van der Waals surface area contributed by atoms with Gasteiger partial charge >= 0.3 is 0 Å². The van der Waals surface area contributed by atoms with Crippen LogP contribution in [0.2, 0.25) is 0 Å². The van der Waals surface area contributed by atoms with Crippen molar-refractivity contribution in [2.45, 2.75) is 6.54 Å². The van der Waals surface area contributed by atoms with Crippen LogP contribution in [0.5, 0.6) is 0 Å². The Bertz CT molecular complexity index is 632. The number of nitrogen functional groups attached to an aromatic ring is 1. The fourth-order valence-electron chi connectivity index (χ4n) is 1.62. The molecule has 2 heterocycles. The number of hydrogen-bond donors (Lipinski definition) is 2. The Morgan fingerprint density at radius 3 is 3.12 bits per heavy atom. The first-order chi connectivity index (χ1) is 8.34. The molecular weight excluding hydrogens is 236 g/mol. The van der Waals surface area contributed by atoms with Crippen molar-refractivity contribution in [3.63, 3.8) is 0 Å². The van der Waals surface area contributed by atoms with Gasteiger partial charge in [-0.15, -0.1) is 11.3 Å². The van der Waals surface area contributed by atoms with Gasteiger partial charge < -0.3 is 15.6 Å². The van der Waals surface area contributed by atoms with Gasteiger partial charge in [-0.25, -0.2) is 4.98 Å². The normalized spacial score (nSPS) is 10.8. The van der Waals surface area contributed by atoms with Gasteiger partial charge in [0.25, 0.3) is 0 Å². The van der Waals surface area contributed by atoms with Crippen molar-refractivity contribution in [3.05, 3.63) is 35.7 Å². The highest BCUT2D eigenvalue weighted by molar-refractivity contribution is 7.16. The van der Waals surface area contributed by atoms with E-state index in [0.29, 0.717) is 12.2 Å². The minimum absolute atomic E-state index is 0.555. The van der Waals surface area contributed by atoms with Gasteiger partial charge in [0.1, 0.15) is 5.52 Å². The second-order valence-corrected chi connectivity index (χ2v) is 4.44. The van der Waals surface area contributed by atoms with Crippen LogP contribution < -0.4 is 11.1 Å². The lowest BCUT2D eigenvalue weighted by Crippen LogP contribution is -2.02. The lowest BCUT2D eigenvalue weighted by molar-refractivity contribution is 0.388. The molecule has 0 amide bonds. The van der Waals surface area contributed by atoms with E-state index >= 15 is 0 Å². The number of nitrogens with one attached hydrogen (secondary N) is 1. The summed E-state index contributed by atoms with van der Waals surface area (Å²) in [6, 6.07) is 5.77. The first-order valence-electron chi connectivity index (χ1n) is 5.10. The van der Waals surface area contributed by atoms with Gasteiger partial charge in [-0.05, 0) is 12.1 Å². The first kappa shape index (κ1) is 10.1. The van der Waals surface area contributed by atoms with E-state index in [9.17, 15) is 0 Å². The second-order valence-electron chi connectivity index (χ2n) is 3.56. The van der Waals surface area contributed by atoms with Crippen molar-refractivity contribution in [1.29, 1.82) is 0 Å². The zero-order chi connectivity index (χ0) is 11.7. The SMILES string of the molecule is Nc1c(NCc2ccno2)ccc2scnc12. The fourth-order valence-corrected chi connectivity index (χ4v) is 2.31. The molecule has 0 radical (unpaired) electrons. The number of anilines is 2. The maximum atomic E-state index is 6.04. The van der Waals surface area contributed by atoms with Gasteiger partial charge in [0.15, 0.2) is 5.76 Å². The van der Waals surface area contributed by atoms with Crippen LogP contribution in [0.4, 0.5) is 11.4 Å². The van der Waals surface area contributed by atoms with Crippen LogP contribution in [0.25, 0.3) is 10.2 Å². The minimum Gasteiger partial charge on any atom is -0.395 e. The summed E-state index contributed by atoms with van der Waals surface area (Å²) >= 11 is 1.58. The Labute approximate surface area is 101 Å². The van der Waals surface area contributed by atoms with Crippen LogP contribution in [0.15, 0.2) is 34.4 Å². The molecular formula is C11H10N4OS. The lowest BCUT2D eigenvalue weighted by Gasteiger charge is -2.07. The van der Waals surface area contributed by atoms with Gasteiger partial charge in [-0.2, -0.15) is 0 Å². The quantitative estimate of drug-likeness (QED) is 0.694. The third-order valence-corrected chi connectivity index (χ3v) is 3.28. The van der Waals surface area contributed by atoms with Crippen molar-refractivity contribution >= 4 is 32.9 Å². The summed E-state index contributed by atoms with van der Waals surface area (Å²) in [4.78, 5) is 4.24. The number of thiazole rings is 1. The summed E-state index contributed by atoms with van der Waals surface area (Å²) in [5.74, 6) is 0.766. The Morgan fingerprint density at radius 1 is 1.35 bits per heavy atom. The predicted molar refractivity (Wildman–Crippen MR) is 67.9 cm³/mol. The molecule has 86 valence electrons. The van der Waals surface area contributed by atoms with Gasteiger partial charge in [0.05, 0.1) is 34.3 Å². The molecule has 3 N–H and O–H groups in total. The van der Waals surface area contributed by atoms with E-state index in [1.54, 1.807) is 23.0 Å². The Hall–Kier alpha value is -2.08. The maximum Gasteiger partial charge on any atom is 0.155 e. The summed E-state index contributed by atoms with van der Waals surface area (Å²) in [6.07, 6.45) is 1.62. The van der Waals surface area contributed by atoms with Crippen LogP contribution in [0.1, 0.15) is 5.76 Å². The highest BCUT2D eigenvalue weighted by Gasteiger charge is 2.07. The summed E-state index contributed by atoms with van der Waals surface area (Å²) in [7, 11) is 0. The van der Waals surface area contributed by atoms with Gasteiger partial charge in [0.2, 0.25) is 0 Å². The van der Waals surface area contributed by atoms with Gasteiger partial charge in [-0.3, -0.25) is 0 Å². The third-order valence-electron chi connectivity index (χ3n) is 2.49. The standard InChI is InChI=1S/C11H10N4OS/c12-10-8(13-5-7-3-4-15-16-7)1-2-9-11(10)14-6-17-9/h1-4,6,13H,5,12H2. The molecule has 3 aromatic rings. The molecule has 0 aliphatic heterocycles. The molecule has 6 heteroatoms. The number of aromatic nitrogens is 2. The van der Waals surface area contributed by atoms with Crippen molar-refractivity contribution in [1.82, 2.24) is 10.1 Å². The maximum absolute atomic E-state index is 6.04. The number of fused-ring (bicyclic) bond motifs is 1. The van der Waals surface area contributed by atoms with E-state index in [0.717, 1.165) is 21.7 Å². The number of hydrogen-bond acceptors (Lipinski definition) is 6. The fraction of sp³-hybridized carbons (Fsp3) is 0.0909. The minimum atomic E-state index is 0.555. The van der Waals surface area contributed by atoms with Crippen LogP contribution in [-0.4, -0.2) is 10.1 Å². The Morgan fingerprint density at radius 2 is 2.29 bits per heavy atom. The first-order valence-corrected chi connectivity index (χ1v) is 5.97. The topological polar surface area (TPSA) is 77.0 Å². The van der Waals surface area contributed by atoms with Crippen LogP contribution >= 0.6 is 11.3 Å². The van der Waals surface area contributed by atoms with E-state index in [1.165, 1.54) is 0 Å². The molecule has 0 atom stereocenters. The van der Waals surface area contributed by atoms with Crippen LogP contribution in [-0.2, 0) is 6.54 Å². The molecule has 0 spiro atoms. The third kappa shape index (κ3) is 1.83. The van der Waals surface area contributed by atoms with Gasteiger partial charge in [-0.1, -0.05) is 5.16 Å². The molecule has 0 unspecified atom stereocenters. The molecule has 0 saturated heterocycles. The van der Waals surface area contributed by atoms with E-state index in [1.807, 2.05) is 18.2 Å². The number of rotatable bonds is 3. The molecule has 0 bridgehead atoms. The van der Waals surface area contributed by atoms with Crippen molar-refractivity contribution < 1.29 is 4.52 Å². The Kier molecular flexibility index (Phi) is 2.41. The molecule has 0 saturated carbocycles. The Balaban J connectivity index is 1.87. The second kappa shape index (κ2) is 4.06. The molecule has 17 heavy (non-hydrogen) atoms. The number of benzene rings is 1. The van der Waals surface area contributed by atoms with Crippen LogP contribution in [0, 0.1) is 0 Å². The molecule has 0 aliphatic rings. The molecule has 5 nitrogen and oxygen atoms in total. The zero-order valence-corrected chi connectivity index (χ0v) is 9.70. The highest BCUT2D eigenvalue weighted by atomic mass is 32.1. The summed E-state index contributed by atoms with van der Waals surface area (Å²) in [5, 5.41) is 6.84. The summed E-state index contributed by atoms with van der Waals surface area (Å²) in [5.41, 5.74) is 10.2. The van der Waals surface area contributed by atoms with E-state index in [2.05, 4.69) is 15.5 Å². The lowest BCUT2D eigenvalue weighted by atomic mass is 10.2. The molecule has 2 aromatic heterocycles. The molecule has 0 aliphatic carbocycles. The average molecular weight is 246 g/mol. The number of nitrogens with zero attached hydrogens (tertiary/aromatic N) is 2. The van der Waals surface area contributed by atoms with Crippen molar-refractivity contribution in [3.8, 4) is 0 Å². The molecule has 1 aromatic carbocycles. The zero-order valence-electron chi connectivity index (χ0n) is 8.88. The van der Waals surface area contributed by atoms with E-state index in [-0.39, 0.29) is 0 Å². The predicted octanol–water partition coefficient (Wildman–Crippen LogP) is 2.48. The molecule has 3 rings (SSSR count). The summed E-state index contributed by atoms with van der Waals surface area (Å²) < 4.78 is 6.09. The monoisotopic (exact) mass is 246 g/mol.